The fraction of sp³-hybridized carbons (Fsp3) is 0.556. The van der Waals surface area contributed by atoms with Crippen LogP contribution in [0.3, 0.4) is 0 Å². The zero-order valence-corrected chi connectivity index (χ0v) is 16.8. The van der Waals surface area contributed by atoms with Gasteiger partial charge in [-0.05, 0) is 44.1 Å². The van der Waals surface area contributed by atoms with Crippen molar-refractivity contribution >= 4 is 48.0 Å². The van der Waals surface area contributed by atoms with Crippen LogP contribution >= 0.6 is 24.8 Å². The van der Waals surface area contributed by atoms with Crippen LogP contribution in [-0.2, 0) is 9.59 Å². The van der Waals surface area contributed by atoms with Gasteiger partial charge in [-0.2, -0.15) is 0 Å². The van der Waals surface area contributed by atoms with Crippen molar-refractivity contribution in [2.24, 2.45) is 11.7 Å². The summed E-state index contributed by atoms with van der Waals surface area (Å²) in [6.45, 7) is 4.47. The Kier molecular flexibility index (Phi) is 12.3. The van der Waals surface area contributed by atoms with E-state index in [0.717, 1.165) is 25.9 Å². The minimum Gasteiger partial charge on any atom is -0.330 e. The zero-order valence-electron chi connectivity index (χ0n) is 15.2. The molecule has 1 atom stereocenters. The van der Waals surface area contributed by atoms with Gasteiger partial charge in [-0.3, -0.25) is 14.5 Å². The highest BCUT2D eigenvalue weighted by Crippen LogP contribution is 2.16. The summed E-state index contributed by atoms with van der Waals surface area (Å²) in [6.07, 6.45) is 4.82. The van der Waals surface area contributed by atoms with Crippen LogP contribution in [0.5, 0.6) is 0 Å². The second-order valence-electron chi connectivity index (χ2n) is 6.45. The molecule has 2 rings (SSSR count). The Balaban J connectivity index is 0.00000312. The quantitative estimate of drug-likeness (QED) is 0.679. The molecule has 0 spiro atoms. The minimum absolute atomic E-state index is 0. The highest BCUT2D eigenvalue weighted by molar-refractivity contribution is 5.95. The number of rotatable bonds is 6. The average Bonchev–Trinajstić information content (AvgIpc) is 2.82. The maximum atomic E-state index is 12.2. The van der Waals surface area contributed by atoms with Crippen molar-refractivity contribution in [1.29, 1.82) is 0 Å². The molecular formula is C18H30Cl2N4O2. The van der Waals surface area contributed by atoms with Gasteiger partial charge in [0.05, 0.1) is 6.54 Å². The van der Waals surface area contributed by atoms with Gasteiger partial charge >= 0.3 is 0 Å². The van der Waals surface area contributed by atoms with Crippen molar-refractivity contribution in [3.63, 3.8) is 0 Å². The second kappa shape index (κ2) is 12.9. The molecule has 1 aromatic carbocycles. The predicted molar refractivity (Wildman–Crippen MR) is 111 cm³/mol. The topological polar surface area (TPSA) is 87.5 Å². The third kappa shape index (κ3) is 8.36. The first-order valence-electron chi connectivity index (χ1n) is 8.71. The third-order valence-corrected chi connectivity index (χ3v) is 4.28. The summed E-state index contributed by atoms with van der Waals surface area (Å²) in [6, 6.07) is 7.19. The standard InChI is InChI=1S/C18H28N4O2.2ClH/c1-14(12-19)18(24)21-16-8-6-7-15(11-16)20-17(23)13-22-9-4-2-3-5-10-22;;/h6-8,11,14H,2-5,9-10,12-13,19H2,1H3,(H,20,23)(H,21,24);2*1H. The Morgan fingerprint density at radius 3 is 2.23 bits per heavy atom. The fourth-order valence-electron chi connectivity index (χ4n) is 2.75. The van der Waals surface area contributed by atoms with Gasteiger partial charge in [-0.25, -0.2) is 0 Å². The van der Waals surface area contributed by atoms with Crippen LogP contribution in [0, 0.1) is 5.92 Å². The number of nitrogens with one attached hydrogen (secondary N) is 2. The lowest BCUT2D eigenvalue weighted by Gasteiger charge is -2.19. The number of hydrogen-bond acceptors (Lipinski definition) is 4. The number of likely N-dealkylation sites (tertiary alicyclic amines) is 1. The van der Waals surface area contributed by atoms with E-state index in [-0.39, 0.29) is 42.5 Å². The fourth-order valence-corrected chi connectivity index (χ4v) is 2.75. The van der Waals surface area contributed by atoms with E-state index in [1.807, 2.05) is 12.1 Å². The molecule has 1 fully saturated rings. The molecule has 2 amide bonds. The van der Waals surface area contributed by atoms with Crippen molar-refractivity contribution in [3.8, 4) is 0 Å². The number of anilines is 2. The first-order chi connectivity index (χ1) is 11.6. The Hall–Kier alpha value is -1.34. The number of nitrogens with zero attached hydrogens (tertiary/aromatic N) is 1. The molecule has 0 bridgehead atoms. The largest absolute Gasteiger partial charge is 0.330 e. The number of carbonyl (C=O) groups excluding carboxylic acids is 2. The SMILES string of the molecule is CC(CN)C(=O)Nc1cccc(NC(=O)CN2CCCCCC2)c1.Cl.Cl. The molecule has 0 saturated carbocycles. The lowest BCUT2D eigenvalue weighted by atomic mass is 10.1. The minimum atomic E-state index is -0.244. The highest BCUT2D eigenvalue weighted by Gasteiger charge is 2.14. The molecule has 1 saturated heterocycles. The molecule has 26 heavy (non-hydrogen) atoms. The van der Waals surface area contributed by atoms with Gasteiger partial charge in [0.25, 0.3) is 0 Å². The number of benzene rings is 1. The van der Waals surface area contributed by atoms with Crippen molar-refractivity contribution in [2.45, 2.75) is 32.6 Å². The highest BCUT2D eigenvalue weighted by atomic mass is 35.5. The third-order valence-electron chi connectivity index (χ3n) is 4.28. The maximum absolute atomic E-state index is 12.2. The van der Waals surface area contributed by atoms with E-state index >= 15 is 0 Å². The number of amides is 2. The number of hydrogen-bond donors (Lipinski definition) is 3. The molecule has 0 aliphatic carbocycles. The van der Waals surface area contributed by atoms with E-state index in [1.165, 1.54) is 12.8 Å². The number of nitrogens with two attached hydrogens (primary N) is 1. The summed E-state index contributed by atoms with van der Waals surface area (Å²) in [5.74, 6) is -0.382. The molecule has 1 heterocycles. The monoisotopic (exact) mass is 404 g/mol. The van der Waals surface area contributed by atoms with Crippen LogP contribution in [0.2, 0.25) is 0 Å². The van der Waals surface area contributed by atoms with Crippen molar-refractivity contribution in [1.82, 2.24) is 4.90 Å². The Morgan fingerprint density at radius 2 is 1.65 bits per heavy atom. The summed E-state index contributed by atoms with van der Waals surface area (Å²) >= 11 is 0. The molecule has 4 N–H and O–H groups in total. The molecular weight excluding hydrogens is 375 g/mol. The molecule has 148 valence electrons. The molecule has 1 unspecified atom stereocenters. The van der Waals surface area contributed by atoms with E-state index in [2.05, 4.69) is 15.5 Å². The van der Waals surface area contributed by atoms with E-state index in [0.29, 0.717) is 24.5 Å². The smallest absolute Gasteiger partial charge is 0.238 e. The molecule has 1 aromatic rings. The summed E-state index contributed by atoms with van der Waals surface area (Å²) in [5.41, 5.74) is 6.85. The van der Waals surface area contributed by atoms with Gasteiger partial charge in [0, 0.05) is 23.8 Å². The van der Waals surface area contributed by atoms with Crippen LogP contribution in [0.4, 0.5) is 11.4 Å². The van der Waals surface area contributed by atoms with Crippen LogP contribution in [0.15, 0.2) is 24.3 Å². The first-order valence-corrected chi connectivity index (χ1v) is 8.71. The van der Waals surface area contributed by atoms with E-state index < -0.39 is 0 Å². The Labute approximate surface area is 168 Å². The molecule has 1 aliphatic rings. The van der Waals surface area contributed by atoms with Crippen LogP contribution in [0.1, 0.15) is 32.6 Å². The molecule has 8 heteroatoms. The Morgan fingerprint density at radius 1 is 1.08 bits per heavy atom. The van der Waals surface area contributed by atoms with E-state index in [4.69, 9.17) is 5.73 Å². The summed E-state index contributed by atoms with van der Waals surface area (Å²) in [4.78, 5) is 26.3. The number of halogens is 2. The van der Waals surface area contributed by atoms with Crippen molar-refractivity contribution in [2.75, 3.05) is 36.8 Å². The van der Waals surface area contributed by atoms with Gasteiger partial charge < -0.3 is 16.4 Å². The normalized spacial score (nSPS) is 15.6. The van der Waals surface area contributed by atoms with Crippen LogP contribution in [-0.4, -0.2) is 42.9 Å². The molecule has 0 aromatic heterocycles. The lowest BCUT2D eigenvalue weighted by molar-refractivity contribution is -0.119. The summed E-state index contributed by atoms with van der Waals surface area (Å²) in [7, 11) is 0. The zero-order chi connectivity index (χ0) is 17.4. The van der Waals surface area contributed by atoms with Gasteiger partial charge in [-0.15, -0.1) is 24.8 Å². The average molecular weight is 405 g/mol. The molecule has 0 radical (unpaired) electrons. The van der Waals surface area contributed by atoms with Gasteiger partial charge in [-0.1, -0.05) is 25.8 Å². The van der Waals surface area contributed by atoms with Crippen molar-refractivity contribution in [3.05, 3.63) is 24.3 Å². The molecule has 1 aliphatic heterocycles. The van der Waals surface area contributed by atoms with Gasteiger partial charge in [0.15, 0.2) is 0 Å². The van der Waals surface area contributed by atoms with E-state index in [9.17, 15) is 9.59 Å². The van der Waals surface area contributed by atoms with Gasteiger partial charge in [0.2, 0.25) is 11.8 Å². The first kappa shape index (κ1) is 24.7. The van der Waals surface area contributed by atoms with Gasteiger partial charge in [0.1, 0.15) is 0 Å². The van der Waals surface area contributed by atoms with E-state index in [1.54, 1.807) is 19.1 Å². The van der Waals surface area contributed by atoms with Crippen LogP contribution < -0.4 is 16.4 Å². The number of carbonyl (C=O) groups is 2. The lowest BCUT2D eigenvalue weighted by Crippen LogP contribution is -2.33. The molecule has 6 nitrogen and oxygen atoms in total. The van der Waals surface area contributed by atoms with Crippen LogP contribution in [0.25, 0.3) is 0 Å². The summed E-state index contributed by atoms with van der Waals surface area (Å²) < 4.78 is 0. The van der Waals surface area contributed by atoms with Crippen molar-refractivity contribution < 1.29 is 9.59 Å². The maximum Gasteiger partial charge on any atom is 0.238 e. The summed E-state index contributed by atoms with van der Waals surface area (Å²) in [5, 5.41) is 5.73. The second-order valence-corrected chi connectivity index (χ2v) is 6.45. The predicted octanol–water partition coefficient (Wildman–Crippen LogP) is 2.88. The Bertz CT molecular complexity index is 564.